The van der Waals surface area contributed by atoms with Crippen LogP contribution in [0.15, 0.2) is 59.3 Å². The molecule has 4 nitrogen and oxygen atoms in total. The Hall–Kier alpha value is -2.40. The number of hydrogen-bond acceptors (Lipinski definition) is 3. The molecule has 2 aromatic carbocycles. The van der Waals surface area contributed by atoms with Crippen LogP contribution in [0.4, 0.5) is 5.69 Å². The van der Waals surface area contributed by atoms with Crippen molar-refractivity contribution in [3.63, 3.8) is 0 Å². The Kier molecular flexibility index (Phi) is 3.58. The minimum absolute atomic E-state index is 0.188. The number of pyridine rings is 1. The van der Waals surface area contributed by atoms with Gasteiger partial charge in [-0.05, 0) is 34.1 Å². The molecule has 1 aromatic heterocycles. The van der Waals surface area contributed by atoms with Crippen molar-refractivity contribution in [3.05, 3.63) is 64.9 Å². The van der Waals surface area contributed by atoms with Crippen molar-refractivity contribution in [2.45, 2.75) is 0 Å². The van der Waals surface area contributed by atoms with Crippen molar-refractivity contribution in [2.24, 2.45) is 0 Å². The number of hydrogen-bond donors (Lipinski definition) is 2. The summed E-state index contributed by atoms with van der Waals surface area (Å²) < 4.78 is 0.741. The molecule has 21 heavy (non-hydrogen) atoms. The van der Waals surface area contributed by atoms with Gasteiger partial charge < -0.3 is 10.4 Å². The van der Waals surface area contributed by atoms with Crippen LogP contribution in [0.1, 0.15) is 10.4 Å². The van der Waals surface area contributed by atoms with Crippen LogP contribution in [-0.2, 0) is 0 Å². The number of amides is 1. The lowest BCUT2D eigenvalue weighted by Crippen LogP contribution is -2.12. The molecule has 0 aliphatic carbocycles. The number of carbonyl (C=O) groups excluding carboxylic acids is 1. The molecular weight excluding hydrogens is 332 g/mol. The van der Waals surface area contributed by atoms with E-state index in [-0.39, 0.29) is 11.7 Å². The number of carbonyl (C=O) groups is 1. The predicted octanol–water partition coefficient (Wildman–Crippen LogP) is 3.96. The standard InChI is InChI=1S/C16H11BrN2O2/c17-11-7-10(8-18-9-11)16(21)19-14-5-1-4-13-12(14)3-2-6-15(13)20/h1-9,20H,(H,19,21). The maximum absolute atomic E-state index is 12.3. The van der Waals surface area contributed by atoms with Crippen molar-refractivity contribution in [1.82, 2.24) is 4.98 Å². The molecule has 0 aliphatic heterocycles. The number of rotatable bonds is 2. The van der Waals surface area contributed by atoms with Gasteiger partial charge in [0.15, 0.2) is 0 Å². The van der Waals surface area contributed by atoms with E-state index in [0.717, 1.165) is 9.86 Å². The zero-order valence-electron chi connectivity index (χ0n) is 10.9. The molecule has 0 radical (unpaired) electrons. The lowest BCUT2D eigenvalue weighted by molar-refractivity contribution is 0.102. The number of fused-ring (bicyclic) bond motifs is 1. The lowest BCUT2D eigenvalue weighted by Gasteiger charge is -2.09. The Labute approximate surface area is 129 Å². The third kappa shape index (κ3) is 2.73. The zero-order valence-corrected chi connectivity index (χ0v) is 12.5. The molecule has 5 heteroatoms. The van der Waals surface area contributed by atoms with E-state index in [1.807, 2.05) is 6.07 Å². The van der Waals surface area contributed by atoms with Gasteiger partial charge >= 0.3 is 0 Å². The highest BCUT2D eigenvalue weighted by molar-refractivity contribution is 9.10. The second-order valence-electron chi connectivity index (χ2n) is 4.52. The molecular formula is C16H11BrN2O2. The van der Waals surface area contributed by atoms with Crippen LogP contribution >= 0.6 is 15.9 Å². The fraction of sp³-hybridized carbons (Fsp3) is 0. The van der Waals surface area contributed by atoms with E-state index in [2.05, 4.69) is 26.2 Å². The summed E-state index contributed by atoms with van der Waals surface area (Å²) in [5, 5.41) is 14.2. The number of benzene rings is 2. The van der Waals surface area contributed by atoms with Crippen LogP contribution in [0.2, 0.25) is 0 Å². The minimum Gasteiger partial charge on any atom is -0.507 e. The van der Waals surface area contributed by atoms with E-state index >= 15 is 0 Å². The topological polar surface area (TPSA) is 62.2 Å². The van der Waals surface area contributed by atoms with Gasteiger partial charge in [0.2, 0.25) is 0 Å². The van der Waals surface area contributed by atoms with Gasteiger partial charge in [-0.2, -0.15) is 0 Å². The molecule has 3 rings (SSSR count). The number of phenolic OH excluding ortho intramolecular Hbond substituents is 1. The van der Waals surface area contributed by atoms with Crippen LogP contribution in [0.25, 0.3) is 10.8 Å². The Morgan fingerprint density at radius 1 is 1.10 bits per heavy atom. The molecule has 0 atom stereocenters. The van der Waals surface area contributed by atoms with Crippen molar-refractivity contribution in [1.29, 1.82) is 0 Å². The van der Waals surface area contributed by atoms with Gasteiger partial charge in [-0.1, -0.05) is 24.3 Å². The highest BCUT2D eigenvalue weighted by atomic mass is 79.9. The highest BCUT2D eigenvalue weighted by Crippen LogP contribution is 2.30. The van der Waals surface area contributed by atoms with Crippen molar-refractivity contribution in [2.75, 3.05) is 5.32 Å². The van der Waals surface area contributed by atoms with Crippen molar-refractivity contribution in [3.8, 4) is 5.75 Å². The van der Waals surface area contributed by atoms with Gasteiger partial charge in [-0.25, -0.2) is 0 Å². The summed E-state index contributed by atoms with van der Waals surface area (Å²) in [5.74, 6) is -0.0626. The summed E-state index contributed by atoms with van der Waals surface area (Å²) in [5.41, 5.74) is 1.11. The Morgan fingerprint density at radius 2 is 1.86 bits per heavy atom. The molecule has 2 N–H and O–H groups in total. The summed E-state index contributed by atoms with van der Waals surface area (Å²) in [6.07, 6.45) is 3.12. The monoisotopic (exact) mass is 342 g/mol. The third-order valence-electron chi connectivity index (χ3n) is 3.11. The molecule has 0 fully saturated rings. The van der Waals surface area contributed by atoms with Gasteiger partial charge in [0, 0.05) is 33.3 Å². The first-order valence-corrected chi connectivity index (χ1v) is 7.07. The molecule has 0 bridgehead atoms. The average molecular weight is 343 g/mol. The SMILES string of the molecule is O=C(Nc1cccc2c(O)cccc12)c1cncc(Br)c1. The normalized spacial score (nSPS) is 10.5. The number of aromatic hydroxyl groups is 1. The quantitative estimate of drug-likeness (QED) is 0.741. The summed E-state index contributed by atoms with van der Waals surface area (Å²) in [4.78, 5) is 16.2. The number of anilines is 1. The second-order valence-corrected chi connectivity index (χ2v) is 5.44. The summed E-state index contributed by atoms with van der Waals surface area (Å²) in [6.45, 7) is 0. The molecule has 104 valence electrons. The second kappa shape index (κ2) is 5.54. The number of halogens is 1. The molecule has 3 aromatic rings. The van der Waals surface area contributed by atoms with E-state index in [0.29, 0.717) is 16.6 Å². The fourth-order valence-electron chi connectivity index (χ4n) is 2.13. The molecule has 1 amide bonds. The molecule has 0 spiro atoms. The smallest absolute Gasteiger partial charge is 0.257 e. The molecule has 1 heterocycles. The molecule has 0 saturated heterocycles. The number of nitrogens with zero attached hydrogens (tertiary/aromatic N) is 1. The maximum Gasteiger partial charge on any atom is 0.257 e. The predicted molar refractivity (Wildman–Crippen MR) is 85.5 cm³/mol. The van der Waals surface area contributed by atoms with Crippen molar-refractivity contribution >= 4 is 38.3 Å². The first-order valence-electron chi connectivity index (χ1n) is 6.28. The average Bonchev–Trinajstić information content (AvgIpc) is 2.48. The number of aromatic nitrogens is 1. The van der Waals surface area contributed by atoms with Crippen LogP contribution < -0.4 is 5.32 Å². The van der Waals surface area contributed by atoms with Crippen LogP contribution in [0.5, 0.6) is 5.75 Å². The number of nitrogens with one attached hydrogen (secondary N) is 1. The fourth-order valence-corrected chi connectivity index (χ4v) is 2.50. The van der Waals surface area contributed by atoms with E-state index in [4.69, 9.17) is 0 Å². The van der Waals surface area contributed by atoms with Gasteiger partial charge in [0.05, 0.1) is 5.56 Å². The van der Waals surface area contributed by atoms with Crippen LogP contribution in [0, 0.1) is 0 Å². The van der Waals surface area contributed by atoms with E-state index in [9.17, 15) is 9.90 Å². The maximum atomic E-state index is 12.3. The van der Waals surface area contributed by atoms with E-state index in [1.54, 1.807) is 42.6 Å². The van der Waals surface area contributed by atoms with Gasteiger partial charge in [-0.3, -0.25) is 9.78 Å². The minimum atomic E-state index is -0.250. The van der Waals surface area contributed by atoms with E-state index in [1.165, 1.54) is 6.20 Å². The van der Waals surface area contributed by atoms with Gasteiger partial charge in [0.1, 0.15) is 5.75 Å². The molecule has 0 saturated carbocycles. The molecule has 0 aliphatic rings. The summed E-state index contributed by atoms with van der Waals surface area (Å²) >= 11 is 3.29. The highest BCUT2D eigenvalue weighted by Gasteiger charge is 2.10. The first-order chi connectivity index (χ1) is 10.1. The van der Waals surface area contributed by atoms with Crippen LogP contribution in [0.3, 0.4) is 0 Å². The number of phenols is 1. The van der Waals surface area contributed by atoms with Crippen molar-refractivity contribution < 1.29 is 9.90 Å². The first kappa shape index (κ1) is 13.6. The van der Waals surface area contributed by atoms with E-state index < -0.39 is 0 Å². The Bertz CT molecular complexity index is 833. The van der Waals surface area contributed by atoms with Gasteiger partial charge in [0.25, 0.3) is 5.91 Å². The zero-order chi connectivity index (χ0) is 14.8. The van der Waals surface area contributed by atoms with Crippen LogP contribution in [-0.4, -0.2) is 16.0 Å². The van der Waals surface area contributed by atoms with Gasteiger partial charge in [-0.15, -0.1) is 0 Å². The lowest BCUT2D eigenvalue weighted by atomic mass is 10.1. The Morgan fingerprint density at radius 3 is 2.67 bits per heavy atom. The Balaban J connectivity index is 1.99. The third-order valence-corrected chi connectivity index (χ3v) is 3.55. The summed E-state index contributed by atoms with van der Waals surface area (Å²) in [6, 6.07) is 12.3. The largest absolute Gasteiger partial charge is 0.507 e. The summed E-state index contributed by atoms with van der Waals surface area (Å²) in [7, 11) is 0. The molecule has 0 unspecified atom stereocenters.